The largest absolute Gasteiger partial charge is 0.481 e. The number of carboxylic acids is 1. The highest BCUT2D eigenvalue weighted by Gasteiger charge is 2.30. The molecule has 1 amide bonds. The third-order valence-electron chi connectivity index (χ3n) is 3.61. The van der Waals surface area contributed by atoms with Gasteiger partial charge in [-0.25, -0.2) is 0 Å². The number of benzene rings is 1. The zero-order valence-electron chi connectivity index (χ0n) is 12.9. The van der Waals surface area contributed by atoms with Crippen LogP contribution in [0, 0.1) is 5.41 Å². The lowest BCUT2D eigenvalue weighted by Gasteiger charge is -2.33. The molecule has 2 atom stereocenters. The number of amides is 1. The number of aliphatic hydroxyl groups is 1. The molecule has 2 unspecified atom stereocenters. The summed E-state index contributed by atoms with van der Waals surface area (Å²) in [6, 6.07) is 9.80. The molecule has 3 N–H and O–H groups in total. The fourth-order valence-corrected chi connectivity index (χ4v) is 2.57. The molecular weight excluding hydrogens is 302 g/mol. The molecule has 0 aliphatic heterocycles. The lowest BCUT2D eigenvalue weighted by atomic mass is 9.79. The van der Waals surface area contributed by atoms with E-state index in [2.05, 4.69) is 5.32 Å². The Kier molecular flexibility index (Phi) is 7.41. The molecular formula is C16H23NO4S. The first kappa shape index (κ1) is 18.5. The highest BCUT2D eigenvalue weighted by Crippen LogP contribution is 2.26. The number of nitrogens with one attached hydrogen (secondary N) is 1. The van der Waals surface area contributed by atoms with E-state index in [9.17, 15) is 14.7 Å². The van der Waals surface area contributed by atoms with Crippen LogP contribution in [0.3, 0.4) is 0 Å². The normalized spacial score (nSPS) is 14.9. The first-order valence-corrected chi connectivity index (χ1v) is 8.27. The van der Waals surface area contributed by atoms with E-state index in [4.69, 9.17) is 5.11 Å². The molecule has 5 nitrogen and oxygen atoms in total. The molecule has 0 radical (unpaired) electrons. The summed E-state index contributed by atoms with van der Waals surface area (Å²) in [4.78, 5) is 22.1. The number of carbonyl (C=O) groups excluding carboxylic acids is 1. The van der Waals surface area contributed by atoms with Gasteiger partial charge in [-0.1, -0.05) is 37.3 Å². The maximum atomic E-state index is 11.7. The summed E-state index contributed by atoms with van der Waals surface area (Å²) in [7, 11) is 0. The van der Waals surface area contributed by atoms with Crippen molar-refractivity contribution in [1.29, 1.82) is 0 Å². The van der Waals surface area contributed by atoms with Crippen LogP contribution in [0.5, 0.6) is 0 Å². The fraction of sp³-hybridized carbons (Fsp3) is 0.500. The van der Waals surface area contributed by atoms with Crippen LogP contribution in [0.4, 0.5) is 0 Å². The van der Waals surface area contributed by atoms with Crippen molar-refractivity contribution < 1.29 is 19.8 Å². The van der Waals surface area contributed by atoms with Crippen LogP contribution in [0.1, 0.15) is 19.4 Å². The molecule has 0 heterocycles. The van der Waals surface area contributed by atoms with Gasteiger partial charge in [0.1, 0.15) is 0 Å². The van der Waals surface area contributed by atoms with Crippen LogP contribution in [0.15, 0.2) is 30.3 Å². The van der Waals surface area contributed by atoms with Crippen molar-refractivity contribution in [3.63, 3.8) is 0 Å². The Balaban J connectivity index is 2.53. The Morgan fingerprint density at radius 1 is 1.27 bits per heavy atom. The Hall–Kier alpha value is -1.53. The summed E-state index contributed by atoms with van der Waals surface area (Å²) in [5.41, 5.74) is 0.620. The van der Waals surface area contributed by atoms with Crippen LogP contribution in [0.2, 0.25) is 0 Å². The summed E-state index contributed by atoms with van der Waals surface area (Å²) in [6.07, 6.45) is 0.0632. The summed E-state index contributed by atoms with van der Waals surface area (Å²) in [5.74, 6) is -1.14. The van der Waals surface area contributed by atoms with E-state index in [0.717, 1.165) is 17.3 Å². The predicted octanol–water partition coefficient (Wildman–Crippen LogP) is 1.55. The minimum Gasteiger partial charge on any atom is -0.481 e. The lowest BCUT2D eigenvalue weighted by molar-refractivity contribution is -0.133. The van der Waals surface area contributed by atoms with Crippen molar-refractivity contribution in [3.8, 4) is 0 Å². The minimum atomic E-state index is -0.935. The number of aliphatic hydroxyl groups excluding tert-OH is 1. The second kappa shape index (κ2) is 8.80. The highest BCUT2D eigenvalue weighted by molar-refractivity contribution is 8.00. The van der Waals surface area contributed by atoms with Gasteiger partial charge in [-0.2, -0.15) is 0 Å². The van der Waals surface area contributed by atoms with E-state index < -0.39 is 17.5 Å². The zero-order valence-corrected chi connectivity index (χ0v) is 13.7. The third-order valence-corrected chi connectivity index (χ3v) is 4.52. The lowest BCUT2D eigenvalue weighted by Crippen LogP contribution is -2.44. The van der Waals surface area contributed by atoms with Gasteiger partial charge in [-0.15, -0.1) is 11.8 Å². The van der Waals surface area contributed by atoms with Gasteiger partial charge in [0.2, 0.25) is 5.91 Å². The Bertz CT molecular complexity index is 492. The van der Waals surface area contributed by atoms with Crippen LogP contribution >= 0.6 is 11.8 Å². The smallest absolute Gasteiger partial charge is 0.313 e. The Labute approximate surface area is 135 Å². The molecule has 1 aromatic rings. The topological polar surface area (TPSA) is 86.6 Å². The van der Waals surface area contributed by atoms with E-state index >= 15 is 0 Å². The molecule has 0 saturated heterocycles. The van der Waals surface area contributed by atoms with Crippen molar-refractivity contribution >= 4 is 23.6 Å². The van der Waals surface area contributed by atoms with E-state index in [1.54, 1.807) is 6.92 Å². The number of hydrogen-bond acceptors (Lipinski definition) is 4. The van der Waals surface area contributed by atoms with Crippen molar-refractivity contribution in [1.82, 2.24) is 5.32 Å². The predicted molar refractivity (Wildman–Crippen MR) is 87.9 cm³/mol. The quantitative estimate of drug-likeness (QED) is 0.641. The number of hydrogen-bond donors (Lipinski definition) is 3. The van der Waals surface area contributed by atoms with E-state index in [1.165, 1.54) is 0 Å². The van der Waals surface area contributed by atoms with E-state index in [1.807, 2.05) is 37.3 Å². The van der Waals surface area contributed by atoms with Crippen LogP contribution in [0.25, 0.3) is 0 Å². The van der Waals surface area contributed by atoms with Gasteiger partial charge >= 0.3 is 5.97 Å². The van der Waals surface area contributed by atoms with Crippen LogP contribution in [-0.4, -0.2) is 46.2 Å². The van der Waals surface area contributed by atoms with Gasteiger partial charge in [0.05, 0.1) is 17.6 Å². The van der Waals surface area contributed by atoms with Gasteiger partial charge in [-0.3, -0.25) is 9.59 Å². The van der Waals surface area contributed by atoms with Crippen molar-refractivity contribution in [3.05, 3.63) is 35.9 Å². The first-order chi connectivity index (χ1) is 10.3. The average molecular weight is 325 g/mol. The SMILES string of the molecule is CC(O)C(C)(CNC(=O)CSCC(=O)O)Cc1ccccc1. The third kappa shape index (κ3) is 6.49. The average Bonchev–Trinajstić information content (AvgIpc) is 2.45. The summed E-state index contributed by atoms with van der Waals surface area (Å²) < 4.78 is 0. The molecule has 22 heavy (non-hydrogen) atoms. The summed E-state index contributed by atoms with van der Waals surface area (Å²) in [6.45, 7) is 3.98. The first-order valence-electron chi connectivity index (χ1n) is 7.12. The molecule has 0 saturated carbocycles. The Morgan fingerprint density at radius 3 is 2.45 bits per heavy atom. The molecule has 0 aliphatic rings. The Morgan fingerprint density at radius 2 is 1.91 bits per heavy atom. The van der Waals surface area contributed by atoms with Gasteiger partial charge in [0.15, 0.2) is 0 Å². The summed E-state index contributed by atoms with van der Waals surface area (Å²) >= 11 is 1.06. The summed E-state index contributed by atoms with van der Waals surface area (Å²) in [5, 5.41) is 21.4. The monoisotopic (exact) mass is 325 g/mol. The zero-order chi connectivity index (χ0) is 16.6. The molecule has 0 aliphatic carbocycles. The number of aliphatic carboxylic acids is 1. The molecule has 0 spiro atoms. The van der Waals surface area contributed by atoms with Crippen LogP contribution in [-0.2, 0) is 16.0 Å². The number of carboxylic acid groups (broad SMARTS) is 1. The highest BCUT2D eigenvalue weighted by atomic mass is 32.2. The molecule has 0 fully saturated rings. The van der Waals surface area contributed by atoms with E-state index in [0.29, 0.717) is 13.0 Å². The fourth-order valence-electron chi connectivity index (χ4n) is 2.00. The molecule has 0 aromatic heterocycles. The second-order valence-electron chi connectivity index (χ2n) is 5.66. The molecule has 1 rings (SSSR count). The van der Waals surface area contributed by atoms with Crippen LogP contribution < -0.4 is 5.32 Å². The van der Waals surface area contributed by atoms with Gasteiger partial charge in [0, 0.05) is 12.0 Å². The maximum Gasteiger partial charge on any atom is 0.313 e. The van der Waals surface area contributed by atoms with Crippen molar-refractivity contribution in [2.45, 2.75) is 26.4 Å². The molecule has 6 heteroatoms. The molecule has 1 aromatic carbocycles. The minimum absolute atomic E-state index is 0.0922. The molecule has 122 valence electrons. The number of carbonyl (C=O) groups is 2. The van der Waals surface area contributed by atoms with Crippen molar-refractivity contribution in [2.75, 3.05) is 18.1 Å². The van der Waals surface area contributed by atoms with Gasteiger partial charge in [0.25, 0.3) is 0 Å². The number of rotatable bonds is 9. The molecule has 0 bridgehead atoms. The van der Waals surface area contributed by atoms with Crippen molar-refractivity contribution in [2.24, 2.45) is 5.41 Å². The van der Waals surface area contributed by atoms with Gasteiger partial charge in [-0.05, 0) is 18.9 Å². The standard InChI is InChI=1S/C16H23NO4S/c1-12(18)16(2,8-13-6-4-3-5-7-13)11-17-14(19)9-22-10-15(20)21/h3-7,12,18H,8-11H2,1-2H3,(H,17,19)(H,20,21). The van der Waals surface area contributed by atoms with E-state index in [-0.39, 0.29) is 17.4 Å². The maximum absolute atomic E-state index is 11.7. The second-order valence-corrected chi connectivity index (χ2v) is 6.64. The van der Waals surface area contributed by atoms with Gasteiger partial charge < -0.3 is 15.5 Å². The number of thioether (sulfide) groups is 1.